The zero-order valence-electron chi connectivity index (χ0n) is 16.0. The van der Waals surface area contributed by atoms with Gasteiger partial charge in [0, 0.05) is 25.5 Å². The van der Waals surface area contributed by atoms with E-state index in [0.717, 1.165) is 16.7 Å². The highest BCUT2D eigenvalue weighted by Crippen LogP contribution is 2.22. The van der Waals surface area contributed by atoms with E-state index >= 15 is 0 Å². The zero-order chi connectivity index (χ0) is 20.1. The molecule has 1 atom stereocenters. The predicted molar refractivity (Wildman–Crippen MR) is 107 cm³/mol. The first kappa shape index (κ1) is 19.1. The number of hydrogen-bond donors (Lipinski definition) is 1. The number of carbonyl (C=O) groups is 1. The second kappa shape index (κ2) is 8.87. The predicted octanol–water partition coefficient (Wildman–Crippen LogP) is 3.35. The van der Waals surface area contributed by atoms with Crippen molar-refractivity contribution in [3.05, 3.63) is 89.5 Å². The lowest BCUT2D eigenvalue weighted by molar-refractivity contribution is -0.0155. The molecule has 2 amide bonds. The summed E-state index contributed by atoms with van der Waals surface area (Å²) in [5.41, 5.74) is 3.03. The summed E-state index contributed by atoms with van der Waals surface area (Å²) in [5, 5.41) is 7.21. The van der Waals surface area contributed by atoms with Crippen LogP contribution in [-0.4, -0.2) is 40.4 Å². The van der Waals surface area contributed by atoms with Crippen LogP contribution in [0.4, 0.5) is 9.18 Å². The average molecular weight is 394 g/mol. The number of nitrogens with one attached hydrogen (secondary N) is 1. The number of benzene rings is 2. The molecule has 150 valence electrons. The maximum atomic E-state index is 13.1. The third-order valence-corrected chi connectivity index (χ3v) is 4.93. The Kier molecular flexibility index (Phi) is 5.86. The van der Waals surface area contributed by atoms with Gasteiger partial charge >= 0.3 is 6.03 Å². The molecule has 29 heavy (non-hydrogen) atoms. The second-order valence-corrected chi connectivity index (χ2v) is 7.04. The summed E-state index contributed by atoms with van der Waals surface area (Å²) in [6.45, 7) is 2.57. The monoisotopic (exact) mass is 394 g/mol. The highest BCUT2D eigenvalue weighted by molar-refractivity contribution is 5.74. The number of carbonyl (C=O) groups excluding carboxylic acids is 1. The molecule has 1 N–H and O–H groups in total. The lowest BCUT2D eigenvalue weighted by atomic mass is 10.1. The Morgan fingerprint density at radius 3 is 2.79 bits per heavy atom. The number of urea groups is 1. The molecule has 6 nitrogen and oxygen atoms in total. The maximum absolute atomic E-state index is 13.1. The number of nitrogens with zero attached hydrogens (tertiary/aromatic N) is 3. The fourth-order valence-corrected chi connectivity index (χ4v) is 3.42. The summed E-state index contributed by atoms with van der Waals surface area (Å²) in [4.78, 5) is 14.4. The molecule has 0 bridgehead atoms. The Bertz CT molecular complexity index is 944. The molecule has 7 heteroatoms. The molecule has 0 aliphatic carbocycles. The first-order valence-electron chi connectivity index (χ1n) is 9.62. The van der Waals surface area contributed by atoms with E-state index in [1.54, 1.807) is 23.2 Å². The normalized spacial score (nSPS) is 16.6. The van der Waals surface area contributed by atoms with Gasteiger partial charge in [0.05, 0.1) is 19.7 Å². The summed E-state index contributed by atoms with van der Waals surface area (Å²) < 4.78 is 20.8. The summed E-state index contributed by atoms with van der Waals surface area (Å²) in [7, 11) is 0. The smallest absolute Gasteiger partial charge is 0.317 e. The molecule has 2 aromatic carbocycles. The summed E-state index contributed by atoms with van der Waals surface area (Å²) >= 11 is 0. The minimum atomic E-state index is -0.283. The Hall–Kier alpha value is -3.19. The van der Waals surface area contributed by atoms with Crippen LogP contribution in [0.1, 0.15) is 22.8 Å². The first-order valence-corrected chi connectivity index (χ1v) is 9.62. The van der Waals surface area contributed by atoms with Crippen LogP contribution in [0.15, 0.2) is 67.0 Å². The van der Waals surface area contributed by atoms with E-state index in [4.69, 9.17) is 4.74 Å². The lowest BCUT2D eigenvalue weighted by Crippen LogP contribution is -2.46. The van der Waals surface area contributed by atoms with Crippen LogP contribution in [0.5, 0.6) is 0 Å². The van der Waals surface area contributed by atoms with Gasteiger partial charge in [-0.25, -0.2) is 9.18 Å². The number of amides is 2. The molecule has 0 spiro atoms. The molecule has 0 saturated carbocycles. The molecule has 3 aromatic rings. The van der Waals surface area contributed by atoms with Gasteiger partial charge in [-0.1, -0.05) is 36.4 Å². The highest BCUT2D eigenvalue weighted by Gasteiger charge is 2.25. The largest absolute Gasteiger partial charge is 0.370 e. The van der Waals surface area contributed by atoms with E-state index < -0.39 is 0 Å². The van der Waals surface area contributed by atoms with Gasteiger partial charge in [-0.3, -0.25) is 4.68 Å². The maximum Gasteiger partial charge on any atom is 0.317 e. The van der Waals surface area contributed by atoms with Gasteiger partial charge in [-0.2, -0.15) is 5.10 Å². The number of halogens is 1. The van der Waals surface area contributed by atoms with Crippen LogP contribution in [-0.2, 0) is 17.8 Å². The minimum absolute atomic E-state index is 0.127. The van der Waals surface area contributed by atoms with Gasteiger partial charge in [0.25, 0.3) is 0 Å². The summed E-state index contributed by atoms with van der Waals surface area (Å²) in [6, 6.07) is 16.1. The van der Waals surface area contributed by atoms with Crippen LogP contribution >= 0.6 is 0 Å². The molecular formula is C22H23FN4O2. The van der Waals surface area contributed by atoms with E-state index in [-0.39, 0.29) is 18.0 Å². The Morgan fingerprint density at radius 2 is 2.00 bits per heavy atom. The van der Waals surface area contributed by atoms with Crippen molar-refractivity contribution in [2.75, 3.05) is 19.7 Å². The number of hydrogen-bond acceptors (Lipinski definition) is 3. The highest BCUT2D eigenvalue weighted by atomic mass is 19.1. The van der Waals surface area contributed by atoms with Gasteiger partial charge < -0.3 is 15.0 Å². The Labute approximate surface area is 168 Å². The van der Waals surface area contributed by atoms with Crippen molar-refractivity contribution in [2.45, 2.75) is 19.2 Å². The second-order valence-electron chi connectivity index (χ2n) is 7.04. The van der Waals surface area contributed by atoms with Crippen molar-refractivity contribution in [3.63, 3.8) is 0 Å². The first-order chi connectivity index (χ1) is 14.2. The van der Waals surface area contributed by atoms with E-state index in [1.165, 1.54) is 12.1 Å². The quantitative estimate of drug-likeness (QED) is 0.722. The molecule has 1 saturated heterocycles. The van der Waals surface area contributed by atoms with Gasteiger partial charge in [-0.15, -0.1) is 0 Å². The molecule has 4 rings (SSSR count). The Morgan fingerprint density at radius 1 is 1.17 bits per heavy atom. The number of aromatic nitrogens is 2. The fourth-order valence-electron chi connectivity index (χ4n) is 3.42. The van der Waals surface area contributed by atoms with Crippen molar-refractivity contribution < 1.29 is 13.9 Å². The van der Waals surface area contributed by atoms with Crippen molar-refractivity contribution in [3.8, 4) is 0 Å². The van der Waals surface area contributed by atoms with Crippen LogP contribution in [0.3, 0.4) is 0 Å². The zero-order valence-corrected chi connectivity index (χ0v) is 16.0. The van der Waals surface area contributed by atoms with Gasteiger partial charge in [0.2, 0.25) is 0 Å². The topological polar surface area (TPSA) is 59.4 Å². The van der Waals surface area contributed by atoms with E-state index in [1.807, 2.05) is 35.1 Å². The third-order valence-electron chi connectivity index (χ3n) is 4.93. The molecular weight excluding hydrogens is 371 g/mol. The molecule has 1 aliphatic rings. The summed E-state index contributed by atoms with van der Waals surface area (Å²) in [6.07, 6.45) is 3.43. The molecule has 1 aliphatic heterocycles. The van der Waals surface area contributed by atoms with Gasteiger partial charge in [0.15, 0.2) is 0 Å². The van der Waals surface area contributed by atoms with Crippen molar-refractivity contribution in [1.29, 1.82) is 0 Å². The van der Waals surface area contributed by atoms with Crippen LogP contribution in [0, 0.1) is 5.82 Å². The number of morpholine rings is 1. The molecule has 1 aromatic heterocycles. The molecule has 1 unspecified atom stereocenters. The number of ether oxygens (including phenoxy) is 1. The minimum Gasteiger partial charge on any atom is -0.370 e. The standard InChI is InChI=1S/C22H23FN4O2/c23-20-7-5-19(6-8-20)21-16-26(11-12-29-21)22(28)24-14-17-3-1-4-18(13-17)15-27-10-2-9-25-27/h1-10,13,21H,11-12,14-16H2,(H,24,28). The van der Waals surface area contributed by atoms with Crippen molar-refractivity contribution in [2.24, 2.45) is 0 Å². The average Bonchev–Trinajstić information content (AvgIpc) is 3.26. The van der Waals surface area contributed by atoms with Crippen molar-refractivity contribution in [1.82, 2.24) is 20.0 Å². The van der Waals surface area contributed by atoms with E-state index in [2.05, 4.69) is 16.5 Å². The van der Waals surface area contributed by atoms with Crippen LogP contribution in [0.25, 0.3) is 0 Å². The summed E-state index contributed by atoms with van der Waals surface area (Å²) in [5.74, 6) is -0.283. The van der Waals surface area contributed by atoms with Gasteiger partial charge in [0.1, 0.15) is 11.9 Å². The van der Waals surface area contributed by atoms with Crippen LogP contribution < -0.4 is 5.32 Å². The van der Waals surface area contributed by atoms with E-state index in [0.29, 0.717) is 32.8 Å². The number of rotatable bonds is 5. The van der Waals surface area contributed by atoms with Crippen molar-refractivity contribution >= 4 is 6.03 Å². The van der Waals surface area contributed by atoms with E-state index in [9.17, 15) is 9.18 Å². The Balaban J connectivity index is 1.32. The SMILES string of the molecule is O=C(NCc1cccc(Cn2cccn2)c1)N1CCOC(c2ccc(F)cc2)C1. The third kappa shape index (κ3) is 5.00. The molecule has 2 heterocycles. The fraction of sp³-hybridized carbons (Fsp3) is 0.273. The molecule has 0 radical (unpaired) electrons. The molecule has 1 fully saturated rings. The van der Waals surface area contributed by atoms with Crippen LogP contribution in [0.2, 0.25) is 0 Å². The lowest BCUT2D eigenvalue weighted by Gasteiger charge is -2.33. The van der Waals surface area contributed by atoms with Gasteiger partial charge in [-0.05, 0) is 34.9 Å².